The summed E-state index contributed by atoms with van der Waals surface area (Å²) < 4.78 is 36.0. The first kappa shape index (κ1) is 17.4. The smallest absolute Gasteiger partial charge is 0.178 e. The third-order valence-electron chi connectivity index (χ3n) is 4.96. The van der Waals surface area contributed by atoms with E-state index in [4.69, 9.17) is 9.47 Å². The highest BCUT2D eigenvalue weighted by atomic mass is 32.2. The molecule has 0 unspecified atom stereocenters. The van der Waals surface area contributed by atoms with E-state index in [1.807, 2.05) is 6.07 Å². The van der Waals surface area contributed by atoms with Gasteiger partial charge in [-0.15, -0.1) is 0 Å². The van der Waals surface area contributed by atoms with E-state index in [1.165, 1.54) is 11.1 Å². The number of benzene rings is 2. The van der Waals surface area contributed by atoms with Gasteiger partial charge < -0.3 is 14.8 Å². The van der Waals surface area contributed by atoms with Crippen LogP contribution in [0.25, 0.3) is 0 Å². The first-order valence-electron chi connectivity index (χ1n) is 9.07. The Labute approximate surface area is 154 Å². The molecule has 0 amide bonds. The van der Waals surface area contributed by atoms with Crippen LogP contribution in [0.4, 0.5) is 0 Å². The maximum absolute atomic E-state index is 12.3. The van der Waals surface area contributed by atoms with Gasteiger partial charge in [0.05, 0.1) is 10.6 Å². The van der Waals surface area contributed by atoms with Gasteiger partial charge in [0.25, 0.3) is 0 Å². The van der Waals surface area contributed by atoms with E-state index in [0.29, 0.717) is 31.1 Å². The van der Waals surface area contributed by atoms with Gasteiger partial charge in [0, 0.05) is 6.04 Å². The second-order valence-electron chi connectivity index (χ2n) is 6.73. The van der Waals surface area contributed by atoms with Crippen molar-refractivity contribution in [2.45, 2.75) is 30.2 Å². The van der Waals surface area contributed by atoms with E-state index in [9.17, 15) is 8.42 Å². The zero-order valence-corrected chi connectivity index (χ0v) is 15.4. The zero-order valence-electron chi connectivity index (χ0n) is 14.6. The highest BCUT2D eigenvalue weighted by Gasteiger charge is 2.26. The summed E-state index contributed by atoms with van der Waals surface area (Å²) in [7, 11) is -3.21. The quantitative estimate of drug-likeness (QED) is 0.789. The van der Waals surface area contributed by atoms with Crippen molar-refractivity contribution in [1.82, 2.24) is 5.32 Å². The van der Waals surface area contributed by atoms with Crippen LogP contribution < -0.4 is 14.8 Å². The summed E-state index contributed by atoms with van der Waals surface area (Å²) >= 11 is 0. The monoisotopic (exact) mass is 373 g/mol. The molecule has 0 bridgehead atoms. The molecule has 2 aliphatic rings. The topological polar surface area (TPSA) is 64.6 Å². The second kappa shape index (κ2) is 7.29. The van der Waals surface area contributed by atoms with Crippen molar-refractivity contribution in [3.05, 3.63) is 53.6 Å². The number of sulfone groups is 1. The normalized spacial score (nSPS) is 18.5. The van der Waals surface area contributed by atoms with Crippen LogP contribution in [0.15, 0.2) is 47.4 Å². The number of aryl methyl sites for hydroxylation is 1. The van der Waals surface area contributed by atoms with Crippen molar-refractivity contribution in [3.63, 3.8) is 0 Å². The SMILES string of the molecule is O=S(=O)(CCCN[C@@H]1CCc2cc3c(cc21)OCCO3)c1ccccc1. The fraction of sp³-hybridized carbons (Fsp3) is 0.400. The molecule has 0 fully saturated rings. The minimum atomic E-state index is -3.21. The summed E-state index contributed by atoms with van der Waals surface area (Å²) in [6, 6.07) is 13.1. The summed E-state index contributed by atoms with van der Waals surface area (Å²) in [4.78, 5) is 0.398. The molecule has 2 aromatic rings. The second-order valence-corrected chi connectivity index (χ2v) is 8.83. The third-order valence-corrected chi connectivity index (χ3v) is 6.78. The van der Waals surface area contributed by atoms with Gasteiger partial charge in [0.15, 0.2) is 21.3 Å². The van der Waals surface area contributed by atoms with E-state index in [-0.39, 0.29) is 11.8 Å². The molecule has 1 heterocycles. The molecule has 0 radical (unpaired) electrons. The first-order chi connectivity index (χ1) is 12.6. The summed E-state index contributed by atoms with van der Waals surface area (Å²) in [5.74, 6) is 1.81. The molecule has 1 N–H and O–H groups in total. The minimum absolute atomic E-state index is 0.157. The first-order valence-corrected chi connectivity index (χ1v) is 10.7. The van der Waals surface area contributed by atoms with Crippen LogP contribution >= 0.6 is 0 Å². The standard InChI is InChI=1S/C20H23NO4S/c22-26(23,16-5-2-1-3-6-16)12-4-9-21-18-8-7-15-13-19-20(14-17(15)18)25-11-10-24-19/h1-3,5-6,13-14,18,21H,4,7-12H2/t18-/m1/s1. The van der Waals surface area contributed by atoms with Crippen LogP contribution in [0.2, 0.25) is 0 Å². The van der Waals surface area contributed by atoms with E-state index in [0.717, 1.165) is 24.3 Å². The third kappa shape index (κ3) is 3.57. The molecule has 1 aliphatic carbocycles. The molecule has 1 aliphatic heterocycles. The maximum Gasteiger partial charge on any atom is 0.178 e. The lowest BCUT2D eigenvalue weighted by Crippen LogP contribution is -2.23. The van der Waals surface area contributed by atoms with Crippen molar-refractivity contribution >= 4 is 9.84 Å². The fourth-order valence-corrected chi connectivity index (χ4v) is 4.97. The molecule has 26 heavy (non-hydrogen) atoms. The van der Waals surface area contributed by atoms with E-state index >= 15 is 0 Å². The van der Waals surface area contributed by atoms with Gasteiger partial charge >= 0.3 is 0 Å². The molecule has 1 atom stereocenters. The Bertz CT molecular complexity index is 880. The van der Waals surface area contributed by atoms with E-state index < -0.39 is 9.84 Å². The molecule has 0 saturated heterocycles. The van der Waals surface area contributed by atoms with Crippen LogP contribution in [0.5, 0.6) is 11.5 Å². The number of rotatable bonds is 6. The van der Waals surface area contributed by atoms with Crippen LogP contribution in [0, 0.1) is 0 Å². The molecule has 0 aromatic heterocycles. The Morgan fingerprint density at radius 1 is 1.04 bits per heavy atom. The molecule has 138 valence electrons. The number of ether oxygens (including phenoxy) is 2. The van der Waals surface area contributed by atoms with Crippen LogP contribution in [-0.4, -0.2) is 33.9 Å². The highest BCUT2D eigenvalue weighted by Crippen LogP contribution is 2.40. The van der Waals surface area contributed by atoms with Crippen molar-refractivity contribution < 1.29 is 17.9 Å². The zero-order chi connectivity index (χ0) is 18.0. The number of nitrogens with one attached hydrogen (secondary N) is 1. The predicted molar refractivity (Wildman–Crippen MR) is 99.6 cm³/mol. The Kier molecular flexibility index (Phi) is 4.87. The van der Waals surface area contributed by atoms with E-state index in [1.54, 1.807) is 24.3 Å². The Morgan fingerprint density at radius 2 is 1.77 bits per heavy atom. The lowest BCUT2D eigenvalue weighted by Gasteiger charge is -2.21. The van der Waals surface area contributed by atoms with Gasteiger partial charge in [-0.1, -0.05) is 18.2 Å². The lowest BCUT2D eigenvalue weighted by atomic mass is 10.1. The summed E-state index contributed by atoms with van der Waals surface area (Å²) in [5.41, 5.74) is 2.55. The summed E-state index contributed by atoms with van der Waals surface area (Å²) in [6.07, 6.45) is 2.61. The number of fused-ring (bicyclic) bond motifs is 2. The molecular weight excluding hydrogens is 350 g/mol. The highest BCUT2D eigenvalue weighted by molar-refractivity contribution is 7.91. The van der Waals surface area contributed by atoms with Crippen molar-refractivity contribution in [2.24, 2.45) is 0 Å². The van der Waals surface area contributed by atoms with Crippen LogP contribution in [0.1, 0.15) is 30.0 Å². The average molecular weight is 373 g/mol. The van der Waals surface area contributed by atoms with Gasteiger partial charge in [-0.2, -0.15) is 0 Å². The molecule has 2 aromatic carbocycles. The van der Waals surface area contributed by atoms with Gasteiger partial charge in [0.2, 0.25) is 0 Å². The molecule has 4 rings (SSSR count). The average Bonchev–Trinajstić information content (AvgIpc) is 3.06. The maximum atomic E-state index is 12.3. The van der Waals surface area contributed by atoms with Crippen molar-refractivity contribution in [2.75, 3.05) is 25.5 Å². The van der Waals surface area contributed by atoms with Gasteiger partial charge in [0.1, 0.15) is 13.2 Å². The summed E-state index contributed by atoms with van der Waals surface area (Å²) in [6.45, 7) is 1.86. The van der Waals surface area contributed by atoms with Crippen LogP contribution in [0.3, 0.4) is 0 Å². The number of hydrogen-bond donors (Lipinski definition) is 1. The molecular formula is C20H23NO4S. The van der Waals surface area contributed by atoms with Crippen LogP contribution in [-0.2, 0) is 16.3 Å². The van der Waals surface area contributed by atoms with Crippen molar-refractivity contribution in [3.8, 4) is 11.5 Å². The van der Waals surface area contributed by atoms with Gasteiger partial charge in [-0.25, -0.2) is 8.42 Å². The Hall–Kier alpha value is -2.05. The van der Waals surface area contributed by atoms with Gasteiger partial charge in [-0.3, -0.25) is 0 Å². The number of hydrogen-bond acceptors (Lipinski definition) is 5. The Morgan fingerprint density at radius 3 is 2.54 bits per heavy atom. The largest absolute Gasteiger partial charge is 0.486 e. The molecule has 6 heteroatoms. The van der Waals surface area contributed by atoms with Crippen molar-refractivity contribution in [1.29, 1.82) is 0 Å². The summed E-state index contributed by atoms with van der Waals surface area (Å²) in [5, 5.41) is 3.51. The molecule has 5 nitrogen and oxygen atoms in total. The molecule has 0 spiro atoms. The lowest BCUT2D eigenvalue weighted by molar-refractivity contribution is 0.171. The fourth-order valence-electron chi connectivity index (χ4n) is 3.64. The predicted octanol–water partition coefficient (Wildman–Crippen LogP) is 2.90. The molecule has 0 saturated carbocycles. The minimum Gasteiger partial charge on any atom is -0.486 e. The Balaban J connectivity index is 1.34. The van der Waals surface area contributed by atoms with Gasteiger partial charge in [-0.05, 0) is 61.2 Å². The van der Waals surface area contributed by atoms with E-state index in [2.05, 4.69) is 17.4 Å².